The zero-order valence-electron chi connectivity index (χ0n) is 27.9. The highest BCUT2D eigenvalue weighted by atomic mass is 15.0. The van der Waals surface area contributed by atoms with Gasteiger partial charge >= 0.3 is 0 Å². The van der Waals surface area contributed by atoms with Gasteiger partial charge in [-0.2, -0.15) is 0 Å². The monoisotopic (exact) mass is 551 g/mol. The van der Waals surface area contributed by atoms with Crippen LogP contribution in [0.1, 0.15) is 220 Å². The molecule has 1 unspecified atom stereocenters. The van der Waals surface area contributed by atoms with Crippen LogP contribution in [0.25, 0.3) is 0 Å². The van der Waals surface area contributed by atoms with Gasteiger partial charge in [-0.05, 0) is 26.3 Å². The van der Waals surface area contributed by atoms with Crippen molar-refractivity contribution in [3.63, 3.8) is 0 Å². The van der Waals surface area contributed by atoms with E-state index in [2.05, 4.69) is 26.1 Å². The molecular formula is C37H78N2. The number of rotatable bonds is 34. The lowest BCUT2D eigenvalue weighted by Gasteiger charge is -2.30. The third-order valence-corrected chi connectivity index (χ3v) is 9.11. The summed E-state index contributed by atoms with van der Waals surface area (Å²) in [7, 11) is 0. The molecule has 2 heteroatoms. The van der Waals surface area contributed by atoms with E-state index < -0.39 is 0 Å². The van der Waals surface area contributed by atoms with Crippen molar-refractivity contribution in [3.05, 3.63) is 0 Å². The fourth-order valence-corrected chi connectivity index (χ4v) is 6.04. The van der Waals surface area contributed by atoms with Gasteiger partial charge in [0, 0.05) is 12.1 Å². The van der Waals surface area contributed by atoms with Crippen LogP contribution in [-0.2, 0) is 0 Å². The van der Waals surface area contributed by atoms with E-state index in [0.29, 0.717) is 0 Å². The smallest absolute Gasteiger partial charge is 0.0275 e. The molecule has 1 atom stereocenters. The molecule has 2 nitrogen and oxygen atoms in total. The molecule has 0 spiro atoms. The van der Waals surface area contributed by atoms with Gasteiger partial charge in [-0.25, -0.2) is 0 Å². The Balaban J connectivity index is 3.38. The van der Waals surface area contributed by atoms with Gasteiger partial charge < -0.3 is 11.1 Å². The van der Waals surface area contributed by atoms with Crippen molar-refractivity contribution in [3.8, 4) is 0 Å². The van der Waals surface area contributed by atoms with Gasteiger partial charge in [-0.1, -0.05) is 200 Å². The summed E-state index contributed by atoms with van der Waals surface area (Å²) < 4.78 is 0. The fourth-order valence-electron chi connectivity index (χ4n) is 6.04. The molecule has 0 fully saturated rings. The van der Waals surface area contributed by atoms with E-state index in [-0.39, 0.29) is 5.54 Å². The van der Waals surface area contributed by atoms with Crippen LogP contribution in [-0.4, -0.2) is 18.6 Å². The molecule has 3 N–H and O–H groups in total. The summed E-state index contributed by atoms with van der Waals surface area (Å²) in [5.74, 6) is 0. The quantitative estimate of drug-likeness (QED) is 0.0782. The van der Waals surface area contributed by atoms with Crippen LogP contribution in [0, 0.1) is 0 Å². The Bertz CT molecular complexity index is 437. The van der Waals surface area contributed by atoms with Gasteiger partial charge in [0.2, 0.25) is 0 Å². The summed E-state index contributed by atoms with van der Waals surface area (Å²) in [6.45, 7) is 8.87. The first kappa shape index (κ1) is 38.9. The highest BCUT2D eigenvalue weighted by molar-refractivity contribution is 4.83. The largest absolute Gasteiger partial charge is 0.329 e. The van der Waals surface area contributed by atoms with E-state index in [0.717, 1.165) is 13.1 Å². The minimum absolute atomic E-state index is 0.145. The summed E-state index contributed by atoms with van der Waals surface area (Å²) >= 11 is 0. The van der Waals surface area contributed by atoms with Crippen molar-refractivity contribution < 1.29 is 0 Å². The summed E-state index contributed by atoms with van der Waals surface area (Å²) in [6.07, 6.45) is 44.3. The molecule has 0 saturated carbocycles. The summed E-state index contributed by atoms with van der Waals surface area (Å²) in [5.41, 5.74) is 6.32. The van der Waals surface area contributed by atoms with E-state index in [1.807, 2.05) is 0 Å². The lowest BCUT2D eigenvalue weighted by atomic mass is 9.93. The molecule has 0 rings (SSSR count). The fraction of sp³-hybridized carbons (Fsp3) is 1.00. The molecule has 0 aliphatic rings. The molecule has 0 heterocycles. The van der Waals surface area contributed by atoms with E-state index in [9.17, 15) is 0 Å². The van der Waals surface area contributed by atoms with Crippen LogP contribution in [0.5, 0.6) is 0 Å². The number of nitrogens with two attached hydrogens (primary N) is 1. The minimum Gasteiger partial charge on any atom is -0.329 e. The molecule has 236 valence electrons. The van der Waals surface area contributed by atoms with Crippen LogP contribution < -0.4 is 11.1 Å². The molecule has 0 saturated heterocycles. The van der Waals surface area contributed by atoms with Crippen LogP contribution in [0.2, 0.25) is 0 Å². The maximum Gasteiger partial charge on any atom is 0.0275 e. The van der Waals surface area contributed by atoms with E-state index >= 15 is 0 Å². The van der Waals surface area contributed by atoms with Gasteiger partial charge in [0.1, 0.15) is 0 Å². The first-order chi connectivity index (χ1) is 19.2. The molecule has 39 heavy (non-hydrogen) atoms. The van der Waals surface area contributed by atoms with Crippen molar-refractivity contribution in [2.75, 3.05) is 13.1 Å². The zero-order valence-corrected chi connectivity index (χ0v) is 27.9. The SMILES string of the molecule is CCCCCCCCCCCCCCCCCCNC(C)(CN)CCCCCCCCCCCCCCCC. The molecule has 0 aliphatic heterocycles. The molecule has 0 amide bonds. The Morgan fingerprint density at radius 1 is 0.385 bits per heavy atom. The standard InChI is InChI=1S/C37H78N2/c1-4-6-8-10-12-14-16-18-20-21-23-25-27-29-31-33-35-39-37(3,36-38)34-32-30-28-26-24-22-19-17-15-13-11-9-7-5-2/h39H,4-36,38H2,1-3H3. The summed E-state index contributed by atoms with van der Waals surface area (Å²) in [5, 5.41) is 3.82. The van der Waals surface area contributed by atoms with Crippen molar-refractivity contribution in [1.29, 1.82) is 0 Å². The van der Waals surface area contributed by atoms with Crippen LogP contribution in [0.3, 0.4) is 0 Å². The second-order valence-corrected chi connectivity index (χ2v) is 13.3. The Labute approximate surface area is 249 Å². The molecule has 0 bridgehead atoms. The molecule has 0 radical (unpaired) electrons. The summed E-state index contributed by atoms with van der Waals surface area (Å²) in [4.78, 5) is 0. The maximum absolute atomic E-state index is 6.17. The van der Waals surface area contributed by atoms with Crippen molar-refractivity contribution in [1.82, 2.24) is 5.32 Å². The predicted molar refractivity (Wildman–Crippen MR) is 180 cm³/mol. The minimum atomic E-state index is 0.145. The molecular weight excluding hydrogens is 472 g/mol. The van der Waals surface area contributed by atoms with E-state index in [1.54, 1.807) is 0 Å². The Hall–Kier alpha value is -0.0800. The molecule has 0 aromatic rings. The molecule has 0 aromatic heterocycles. The number of hydrogen-bond acceptors (Lipinski definition) is 2. The topological polar surface area (TPSA) is 38.0 Å². The number of nitrogens with one attached hydrogen (secondary N) is 1. The van der Waals surface area contributed by atoms with Crippen LogP contribution in [0.4, 0.5) is 0 Å². The third-order valence-electron chi connectivity index (χ3n) is 9.11. The highest BCUT2D eigenvalue weighted by Gasteiger charge is 2.20. The number of unbranched alkanes of at least 4 members (excludes halogenated alkanes) is 28. The van der Waals surface area contributed by atoms with Crippen LogP contribution >= 0.6 is 0 Å². The predicted octanol–water partition coefficient (Wildman–Crippen LogP) is 12.4. The lowest BCUT2D eigenvalue weighted by Crippen LogP contribution is -2.48. The first-order valence-electron chi connectivity index (χ1n) is 18.6. The molecule has 0 aromatic carbocycles. The zero-order chi connectivity index (χ0) is 28.5. The van der Waals surface area contributed by atoms with Gasteiger partial charge in [-0.15, -0.1) is 0 Å². The average molecular weight is 551 g/mol. The Kier molecular flexibility index (Phi) is 32.4. The maximum atomic E-state index is 6.17. The Morgan fingerprint density at radius 3 is 0.923 bits per heavy atom. The number of hydrogen-bond donors (Lipinski definition) is 2. The van der Waals surface area contributed by atoms with E-state index in [4.69, 9.17) is 5.73 Å². The van der Waals surface area contributed by atoms with Crippen LogP contribution in [0.15, 0.2) is 0 Å². The normalized spacial score (nSPS) is 13.2. The average Bonchev–Trinajstić information content (AvgIpc) is 2.95. The second-order valence-electron chi connectivity index (χ2n) is 13.3. The van der Waals surface area contributed by atoms with Crippen molar-refractivity contribution in [2.45, 2.75) is 225 Å². The highest BCUT2D eigenvalue weighted by Crippen LogP contribution is 2.18. The lowest BCUT2D eigenvalue weighted by molar-refractivity contribution is 0.322. The van der Waals surface area contributed by atoms with Crippen molar-refractivity contribution in [2.24, 2.45) is 5.73 Å². The first-order valence-corrected chi connectivity index (χ1v) is 18.6. The van der Waals surface area contributed by atoms with Gasteiger partial charge in [0.25, 0.3) is 0 Å². The molecule has 0 aliphatic carbocycles. The van der Waals surface area contributed by atoms with Gasteiger partial charge in [0.05, 0.1) is 0 Å². The van der Waals surface area contributed by atoms with Crippen molar-refractivity contribution >= 4 is 0 Å². The van der Waals surface area contributed by atoms with Gasteiger partial charge in [0.15, 0.2) is 0 Å². The van der Waals surface area contributed by atoms with Gasteiger partial charge in [-0.3, -0.25) is 0 Å². The summed E-state index contributed by atoms with van der Waals surface area (Å²) in [6, 6.07) is 0. The second kappa shape index (κ2) is 32.4. The Morgan fingerprint density at radius 2 is 0.641 bits per heavy atom. The van der Waals surface area contributed by atoms with E-state index in [1.165, 1.54) is 199 Å². The third kappa shape index (κ3) is 30.7.